The van der Waals surface area contributed by atoms with Gasteiger partial charge < -0.3 is 15.2 Å². The molecule has 4 nitrogen and oxygen atoms in total. The van der Waals surface area contributed by atoms with Crippen LogP contribution >= 0.6 is 0 Å². The molecule has 0 heterocycles. The van der Waals surface area contributed by atoms with Crippen LogP contribution in [-0.4, -0.2) is 25.3 Å². The molecule has 1 fully saturated rings. The number of carbonyl (C=O) groups is 1. The van der Waals surface area contributed by atoms with E-state index in [9.17, 15) is 4.79 Å². The van der Waals surface area contributed by atoms with Gasteiger partial charge in [-0.05, 0) is 37.3 Å². The third-order valence-corrected chi connectivity index (χ3v) is 3.86. The van der Waals surface area contributed by atoms with Gasteiger partial charge in [0.2, 0.25) is 0 Å². The van der Waals surface area contributed by atoms with Gasteiger partial charge in [-0.3, -0.25) is 4.79 Å². The van der Waals surface area contributed by atoms with E-state index < -0.39 is 0 Å². The molecule has 0 bridgehead atoms. The smallest absolute Gasteiger partial charge is 0.306 e. The maximum absolute atomic E-state index is 11.9. The first-order valence-corrected chi connectivity index (χ1v) is 7.24. The van der Waals surface area contributed by atoms with Crippen LogP contribution in [0, 0.1) is 0 Å². The average molecular weight is 277 g/mol. The van der Waals surface area contributed by atoms with Gasteiger partial charge in [-0.25, -0.2) is 0 Å². The number of aryl methyl sites for hydroxylation is 1. The molecule has 4 heteroatoms. The van der Waals surface area contributed by atoms with Gasteiger partial charge in [-0.1, -0.05) is 18.2 Å². The molecule has 0 saturated heterocycles. The van der Waals surface area contributed by atoms with E-state index in [0.717, 1.165) is 36.9 Å². The van der Waals surface area contributed by atoms with Crippen LogP contribution in [0.2, 0.25) is 0 Å². The number of anilines is 1. The van der Waals surface area contributed by atoms with E-state index in [2.05, 4.69) is 0 Å². The molecule has 110 valence electrons. The van der Waals surface area contributed by atoms with Gasteiger partial charge in [0.05, 0.1) is 6.10 Å². The zero-order valence-electron chi connectivity index (χ0n) is 12.0. The van der Waals surface area contributed by atoms with Crippen LogP contribution in [0.4, 0.5) is 5.69 Å². The van der Waals surface area contributed by atoms with Crippen LogP contribution in [-0.2, 0) is 20.7 Å². The van der Waals surface area contributed by atoms with Crippen molar-refractivity contribution >= 4 is 11.7 Å². The van der Waals surface area contributed by atoms with Gasteiger partial charge in [0.1, 0.15) is 6.10 Å². The first-order valence-electron chi connectivity index (χ1n) is 7.24. The predicted molar refractivity (Wildman–Crippen MR) is 78.3 cm³/mol. The molecule has 2 unspecified atom stereocenters. The monoisotopic (exact) mass is 277 g/mol. The maximum Gasteiger partial charge on any atom is 0.306 e. The van der Waals surface area contributed by atoms with Gasteiger partial charge in [0.15, 0.2) is 0 Å². The summed E-state index contributed by atoms with van der Waals surface area (Å²) >= 11 is 0. The molecule has 2 N–H and O–H groups in total. The van der Waals surface area contributed by atoms with E-state index in [-0.39, 0.29) is 18.2 Å². The highest BCUT2D eigenvalue weighted by Crippen LogP contribution is 2.23. The molecule has 2 rings (SSSR count). The number of para-hydroxylation sites is 1. The summed E-state index contributed by atoms with van der Waals surface area (Å²) in [5.74, 6) is -0.144. The largest absolute Gasteiger partial charge is 0.462 e. The third-order valence-electron chi connectivity index (χ3n) is 3.86. The molecule has 0 spiro atoms. The number of nitrogens with two attached hydrogens (primary N) is 1. The molecule has 1 aromatic carbocycles. The summed E-state index contributed by atoms with van der Waals surface area (Å²) in [5, 5.41) is 0. The predicted octanol–water partition coefficient (Wildman–Crippen LogP) is 2.70. The molecule has 0 aliphatic heterocycles. The van der Waals surface area contributed by atoms with Crippen molar-refractivity contribution in [3.05, 3.63) is 29.8 Å². The van der Waals surface area contributed by atoms with Crippen LogP contribution in [0.15, 0.2) is 24.3 Å². The molecule has 2 atom stereocenters. The van der Waals surface area contributed by atoms with Gasteiger partial charge >= 0.3 is 5.97 Å². The van der Waals surface area contributed by atoms with Gasteiger partial charge in [-0.2, -0.15) is 0 Å². The topological polar surface area (TPSA) is 61.5 Å². The summed E-state index contributed by atoms with van der Waals surface area (Å²) in [4.78, 5) is 11.9. The Morgan fingerprint density at radius 3 is 2.80 bits per heavy atom. The number of benzene rings is 1. The van der Waals surface area contributed by atoms with E-state index in [1.807, 2.05) is 24.3 Å². The fourth-order valence-corrected chi connectivity index (χ4v) is 2.67. The lowest BCUT2D eigenvalue weighted by Gasteiger charge is -2.27. The Balaban J connectivity index is 1.77. The average Bonchev–Trinajstić information content (AvgIpc) is 2.46. The van der Waals surface area contributed by atoms with Crippen LogP contribution in [0.25, 0.3) is 0 Å². The Bertz CT molecular complexity index is 447. The maximum atomic E-state index is 11.9. The van der Waals surface area contributed by atoms with E-state index in [4.69, 9.17) is 15.2 Å². The van der Waals surface area contributed by atoms with Gasteiger partial charge in [0, 0.05) is 25.6 Å². The van der Waals surface area contributed by atoms with E-state index >= 15 is 0 Å². The normalized spacial score (nSPS) is 22.4. The molecule has 1 aromatic rings. The van der Waals surface area contributed by atoms with Crippen molar-refractivity contribution < 1.29 is 14.3 Å². The number of ether oxygens (including phenoxy) is 2. The summed E-state index contributed by atoms with van der Waals surface area (Å²) < 4.78 is 10.9. The van der Waals surface area contributed by atoms with Crippen molar-refractivity contribution in [1.29, 1.82) is 0 Å². The molecule has 0 aromatic heterocycles. The number of carbonyl (C=O) groups excluding carboxylic acids is 1. The summed E-state index contributed by atoms with van der Waals surface area (Å²) in [6, 6.07) is 7.63. The molecule has 1 saturated carbocycles. The number of hydrogen-bond acceptors (Lipinski definition) is 4. The molecule has 1 aliphatic rings. The van der Waals surface area contributed by atoms with Crippen molar-refractivity contribution in [1.82, 2.24) is 0 Å². The second-order valence-electron chi connectivity index (χ2n) is 5.33. The molecule has 20 heavy (non-hydrogen) atoms. The first-order chi connectivity index (χ1) is 9.69. The molecule has 0 amide bonds. The van der Waals surface area contributed by atoms with E-state index in [1.165, 1.54) is 0 Å². The van der Waals surface area contributed by atoms with Crippen molar-refractivity contribution in [2.24, 2.45) is 0 Å². The number of hydrogen-bond donors (Lipinski definition) is 1. The van der Waals surface area contributed by atoms with E-state index in [1.54, 1.807) is 7.11 Å². The zero-order chi connectivity index (χ0) is 14.4. The minimum absolute atomic E-state index is 0.00863. The fraction of sp³-hybridized carbons (Fsp3) is 0.562. The Labute approximate surface area is 120 Å². The van der Waals surface area contributed by atoms with Crippen LogP contribution in [0.1, 0.15) is 37.7 Å². The second-order valence-corrected chi connectivity index (χ2v) is 5.33. The first kappa shape index (κ1) is 14.9. The van der Waals surface area contributed by atoms with Crippen molar-refractivity contribution in [3.8, 4) is 0 Å². The van der Waals surface area contributed by atoms with Crippen molar-refractivity contribution in [3.63, 3.8) is 0 Å². The highest BCUT2D eigenvalue weighted by molar-refractivity contribution is 5.70. The highest BCUT2D eigenvalue weighted by Gasteiger charge is 2.24. The van der Waals surface area contributed by atoms with E-state index in [0.29, 0.717) is 12.8 Å². The number of esters is 1. The Hall–Kier alpha value is -1.55. The Kier molecular flexibility index (Phi) is 5.41. The number of rotatable bonds is 5. The minimum atomic E-state index is -0.144. The summed E-state index contributed by atoms with van der Waals surface area (Å²) in [5.41, 5.74) is 7.59. The van der Waals surface area contributed by atoms with Crippen molar-refractivity contribution in [2.75, 3.05) is 12.8 Å². The zero-order valence-corrected chi connectivity index (χ0v) is 12.0. The third kappa shape index (κ3) is 4.23. The highest BCUT2D eigenvalue weighted by atomic mass is 16.5. The van der Waals surface area contributed by atoms with Crippen molar-refractivity contribution in [2.45, 2.75) is 50.7 Å². The molecule has 0 radical (unpaired) electrons. The molecule has 1 aliphatic carbocycles. The lowest BCUT2D eigenvalue weighted by atomic mass is 9.95. The van der Waals surface area contributed by atoms with Gasteiger partial charge in [0.25, 0.3) is 0 Å². The number of nitrogen functional groups attached to an aromatic ring is 1. The standard InChI is InChI=1S/C16H23NO3/c1-19-13-6-4-7-14(11-13)20-16(18)10-9-12-5-2-3-8-15(12)17/h2-3,5,8,13-14H,4,6-7,9-11,17H2,1H3. The van der Waals surface area contributed by atoms with Crippen LogP contribution in [0.5, 0.6) is 0 Å². The minimum Gasteiger partial charge on any atom is -0.462 e. The van der Waals surface area contributed by atoms with Crippen LogP contribution in [0.3, 0.4) is 0 Å². The fourth-order valence-electron chi connectivity index (χ4n) is 2.67. The Morgan fingerprint density at radius 2 is 2.05 bits per heavy atom. The molecular formula is C16H23NO3. The number of methoxy groups -OCH3 is 1. The second kappa shape index (κ2) is 7.29. The van der Waals surface area contributed by atoms with Gasteiger partial charge in [-0.15, -0.1) is 0 Å². The Morgan fingerprint density at radius 1 is 1.30 bits per heavy atom. The van der Waals surface area contributed by atoms with Crippen LogP contribution < -0.4 is 5.73 Å². The summed E-state index contributed by atoms with van der Waals surface area (Å²) in [6.45, 7) is 0. The summed E-state index contributed by atoms with van der Waals surface area (Å²) in [6.07, 6.45) is 5.12. The SMILES string of the molecule is COC1CCCC(OC(=O)CCc2ccccc2N)C1. The lowest BCUT2D eigenvalue weighted by molar-refractivity contribution is -0.152. The quantitative estimate of drug-likeness (QED) is 0.664. The summed E-state index contributed by atoms with van der Waals surface area (Å²) in [7, 11) is 1.72. The molecular weight excluding hydrogens is 254 g/mol. The lowest BCUT2D eigenvalue weighted by Crippen LogP contribution is -2.29.